The number of nitrogens with two attached hydrogens (primary N) is 1. The average molecular weight is 262 g/mol. The second-order valence-electron chi connectivity index (χ2n) is 6.57. The van der Waals surface area contributed by atoms with Gasteiger partial charge < -0.3 is 15.0 Å². The fourth-order valence-corrected chi connectivity index (χ4v) is 2.91. The first-order valence-corrected chi connectivity index (χ1v) is 7.05. The average Bonchev–Trinajstić information content (AvgIpc) is 2.66. The van der Waals surface area contributed by atoms with E-state index in [4.69, 9.17) is 10.5 Å². The summed E-state index contributed by atoms with van der Waals surface area (Å²) in [6, 6.07) is 2.35. The van der Waals surface area contributed by atoms with Crippen LogP contribution < -0.4 is 5.73 Å². The molecule has 106 valence electrons. The summed E-state index contributed by atoms with van der Waals surface area (Å²) in [5.74, 6) is 0. The van der Waals surface area contributed by atoms with Crippen molar-refractivity contribution in [1.82, 2.24) is 4.57 Å². The zero-order valence-electron chi connectivity index (χ0n) is 12.4. The van der Waals surface area contributed by atoms with E-state index >= 15 is 0 Å². The molecule has 0 aromatic carbocycles. The Morgan fingerprint density at radius 2 is 2.32 bits per heavy atom. The quantitative estimate of drug-likeness (QED) is 0.654. The van der Waals surface area contributed by atoms with Gasteiger partial charge in [-0.05, 0) is 36.8 Å². The zero-order valence-corrected chi connectivity index (χ0v) is 12.4. The molecule has 19 heavy (non-hydrogen) atoms. The third-order valence-electron chi connectivity index (χ3n) is 3.76. The predicted molar refractivity (Wildman–Crippen MR) is 79.1 cm³/mol. The van der Waals surface area contributed by atoms with Gasteiger partial charge in [-0.15, -0.1) is 0 Å². The van der Waals surface area contributed by atoms with Gasteiger partial charge in [0.05, 0.1) is 13.2 Å². The molecule has 0 saturated carbocycles. The smallest absolute Gasteiger partial charge is 0.0672 e. The van der Waals surface area contributed by atoms with E-state index in [1.54, 1.807) is 0 Å². The van der Waals surface area contributed by atoms with Gasteiger partial charge in [0, 0.05) is 24.5 Å². The van der Waals surface area contributed by atoms with Crippen molar-refractivity contribution in [2.24, 2.45) is 11.1 Å². The molecule has 1 heterocycles. The van der Waals surface area contributed by atoms with Gasteiger partial charge in [-0.3, -0.25) is 0 Å². The van der Waals surface area contributed by atoms with Gasteiger partial charge in [0.15, 0.2) is 0 Å². The summed E-state index contributed by atoms with van der Waals surface area (Å²) in [6.07, 6.45) is 4.32. The van der Waals surface area contributed by atoms with Crippen LogP contribution in [-0.4, -0.2) is 17.8 Å². The molecule has 0 amide bonds. The van der Waals surface area contributed by atoms with Gasteiger partial charge in [-0.2, -0.15) is 0 Å². The Morgan fingerprint density at radius 3 is 3.00 bits per heavy atom. The van der Waals surface area contributed by atoms with Crippen LogP contribution in [0.4, 0.5) is 0 Å². The second-order valence-corrected chi connectivity index (χ2v) is 6.57. The lowest BCUT2D eigenvalue weighted by molar-refractivity contribution is 0.145. The minimum Gasteiger partial charge on any atom is -0.375 e. The third kappa shape index (κ3) is 3.48. The molecule has 0 fully saturated rings. The van der Waals surface area contributed by atoms with Crippen LogP contribution in [0.5, 0.6) is 0 Å². The molecular formula is C16H26N2O. The highest BCUT2D eigenvalue weighted by Gasteiger charge is 2.32. The highest BCUT2D eigenvalue weighted by Crippen LogP contribution is 2.39. The van der Waals surface area contributed by atoms with E-state index in [9.17, 15) is 0 Å². The van der Waals surface area contributed by atoms with Crippen LogP contribution in [0.2, 0.25) is 0 Å². The molecule has 0 aliphatic heterocycles. The first-order valence-electron chi connectivity index (χ1n) is 7.05. The molecule has 2 rings (SSSR count). The van der Waals surface area contributed by atoms with Crippen molar-refractivity contribution < 1.29 is 4.74 Å². The fraction of sp³-hybridized carbons (Fsp3) is 0.625. The minimum atomic E-state index is 0.177. The van der Waals surface area contributed by atoms with Crippen LogP contribution >= 0.6 is 0 Å². The van der Waals surface area contributed by atoms with E-state index in [0.29, 0.717) is 12.0 Å². The third-order valence-corrected chi connectivity index (χ3v) is 3.76. The number of hydrogen-bond donors (Lipinski definition) is 1. The first-order chi connectivity index (χ1) is 8.89. The number of ether oxygens (including phenoxy) is 1. The standard InChI is InChI=1S/C16H26N2O/c1-12(2)11-19-8-7-18-6-5-13-14(17)9-16(3,4)10-15(13)18/h5-6,14H,1,7-11,17H2,2-4H3. The van der Waals surface area contributed by atoms with Crippen molar-refractivity contribution in [2.45, 2.75) is 46.2 Å². The molecule has 1 atom stereocenters. The second kappa shape index (κ2) is 5.51. The van der Waals surface area contributed by atoms with Crippen molar-refractivity contribution in [3.8, 4) is 0 Å². The molecular weight excluding hydrogens is 236 g/mol. The van der Waals surface area contributed by atoms with Crippen LogP contribution in [0.15, 0.2) is 24.4 Å². The van der Waals surface area contributed by atoms with Crippen LogP contribution in [0, 0.1) is 5.41 Å². The first kappa shape index (κ1) is 14.4. The molecule has 0 radical (unpaired) electrons. The molecule has 0 bridgehead atoms. The van der Waals surface area contributed by atoms with Crippen molar-refractivity contribution in [2.75, 3.05) is 13.2 Å². The number of nitrogens with zero attached hydrogens (tertiary/aromatic N) is 1. The SMILES string of the molecule is C=C(C)COCCn1ccc2c1CC(C)(C)CC2N. The van der Waals surface area contributed by atoms with Gasteiger partial charge in [-0.25, -0.2) is 0 Å². The maximum Gasteiger partial charge on any atom is 0.0672 e. The topological polar surface area (TPSA) is 40.2 Å². The molecule has 3 nitrogen and oxygen atoms in total. The summed E-state index contributed by atoms with van der Waals surface area (Å²) in [5.41, 5.74) is 10.3. The van der Waals surface area contributed by atoms with E-state index in [0.717, 1.165) is 31.6 Å². The number of hydrogen-bond acceptors (Lipinski definition) is 2. The van der Waals surface area contributed by atoms with Gasteiger partial charge in [0.1, 0.15) is 0 Å². The molecule has 2 N–H and O–H groups in total. The summed E-state index contributed by atoms with van der Waals surface area (Å²) in [4.78, 5) is 0. The number of aromatic nitrogens is 1. The molecule has 0 spiro atoms. The van der Waals surface area contributed by atoms with Crippen LogP contribution in [0.3, 0.4) is 0 Å². The van der Waals surface area contributed by atoms with E-state index in [1.807, 2.05) is 6.92 Å². The predicted octanol–water partition coefficient (Wildman–Crippen LogP) is 3.05. The summed E-state index contributed by atoms with van der Waals surface area (Å²) < 4.78 is 7.89. The van der Waals surface area contributed by atoms with E-state index < -0.39 is 0 Å². The summed E-state index contributed by atoms with van der Waals surface area (Å²) in [7, 11) is 0. The lowest BCUT2D eigenvalue weighted by Gasteiger charge is -2.34. The monoisotopic (exact) mass is 262 g/mol. The van der Waals surface area contributed by atoms with Crippen LogP contribution in [0.25, 0.3) is 0 Å². The molecule has 3 heteroatoms. The van der Waals surface area contributed by atoms with Crippen LogP contribution in [0.1, 0.15) is 44.5 Å². The molecule has 1 aliphatic carbocycles. The summed E-state index contributed by atoms with van der Waals surface area (Å²) >= 11 is 0. The number of fused-ring (bicyclic) bond motifs is 1. The Balaban J connectivity index is 2.02. The van der Waals surface area contributed by atoms with Crippen LogP contribution in [-0.2, 0) is 17.7 Å². The minimum absolute atomic E-state index is 0.177. The molecule has 1 unspecified atom stereocenters. The molecule has 1 aromatic rings. The summed E-state index contributed by atoms with van der Waals surface area (Å²) in [5, 5.41) is 0. The van der Waals surface area contributed by atoms with E-state index in [2.05, 4.69) is 37.3 Å². The highest BCUT2D eigenvalue weighted by atomic mass is 16.5. The molecule has 1 aliphatic rings. The Bertz CT molecular complexity index is 459. The zero-order chi connectivity index (χ0) is 14.0. The number of rotatable bonds is 5. The van der Waals surface area contributed by atoms with Crippen molar-refractivity contribution in [3.05, 3.63) is 35.7 Å². The van der Waals surface area contributed by atoms with E-state index in [1.165, 1.54) is 11.3 Å². The summed E-state index contributed by atoms with van der Waals surface area (Å²) in [6.45, 7) is 12.7. The Morgan fingerprint density at radius 1 is 1.58 bits per heavy atom. The lowest BCUT2D eigenvalue weighted by atomic mass is 9.74. The largest absolute Gasteiger partial charge is 0.375 e. The fourth-order valence-electron chi connectivity index (χ4n) is 2.91. The highest BCUT2D eigenvalue weighted by molar-refractivity contribution is 5.30. The Hall–Kier alpha value is -1.06. The Labute approximate surface area is 116 Å². The van der Waals surface area contributed by atoms with Crippen molar-refractivity contribution in [3.63, 3.8) is 0 Å². The molecule has 1 aromatic heterocycles. The van der Waals surface area contributed by atoms with Gasteiger partial charge in [0.25, 0.3) is 0 Å². The van der Waals surface area contributed by atoms with Gasteiger partial charge in [0.2, 0.25) is 0 Å². The normalized spacial score (nSPS) is 21.2. The van der Waals surface area contributed by atoms with Gasteiger partial charge in [-0.1, -0.05) is 26.0 Å². The maximum atomic E-state index is 6.27. The Kier molecular flexibility index (Phi) is 4.16. The van der Waals surface area contributed by atoms with Gasteiger partial charge >= 0.3 is 0 Å². The molecule has 0 saturated heterocycles. The van der Waals surface area contributed by atoms with Crippen molar-refractivity contribution >= 4 is 0 Å². The lowest BCUT2D eigenvalue weighted by Crippen LogP contribution is -2.30. The van der Waals surface area contributed by atoms with Crippen molar-refractivity contribution in [1.29, 1.82) is 0 Å². The maximum absolute atomic E-state index is 6.27. The van der Waals surface area contributed by atoms with E-state index in [-0.39, 0.29) is 6.04 Å².